The fourth-order valence-corrected chi connectivity index (χ4v) is 3.43. The molecule has 2 aromatic heterocycles. The van der Waals surface area contributed by atoms with Gasteiger partial charge in [0.05, 0.1) is 11.2 Å². The molecule has 1 aliphatic rings. The van der Waals surface area contributed by atoms with Crippen molar-refractivity contribution in [1.82, 2.24) is 14.9 Å². The van der Waals surface area contributed by atoms with Gasteiger partial charge in [-0.3, -0.25) is 4.90 Å². The molecule has 3 heterocycles. The van der Waals surface area contributed by atoms with Gasteiger partial charge < -0.3 is 4.90 Å². The maximum Gasteiger partial charge on any atom is 0.131 e. The van der Waals surface area contributed by atoms with E-state index in [4.69, 9.17) is 0 Å². The van der Waals surface area contributed by atoms with E-state index in [-0.39, 0.29) is 0 Å². The molecule has 1 fully saturated rings. The second kappa shape index (κ2) is 5.89. The van der Waals surface area contributed by atoms with Crippen LogP contribution in [-0.2, 0) is 6.54 Å². The van der Waals surface area contributed by atoms with Crippen LogP contribution >= 0.6 is 11.3 Å². The van der Waals surface area contributed by atoms with Crippen molar-refractivity contribution in [2.75, 3.05) is 31.1 Å². The molecule has 0 aliphatic carbocycles. The number of thiazole rings is 1. The molecule has 0 radical (unpaired) electrons. The Labute approximate surface area is 124 Å². The Morgan fingerprint density at radius 2 is 1.95 bits per heavy atom. The summed E-state index contributed by atoms with van der Waals surface area (Å²) >= 11 is 1.76. The van der Waals surface area contributed by atoms with Crippen molar-refractivity contribution in [1.29, 1.82) is 0 Å². The molecule has 0 spiro atoms. The summed E-state index contributed by atoms with van der Waals surface area (Å²) in [6.45, 7) is 9.55. The van der Waals surface area contributed by atoms with E-state index in [1.54, 1.807) is 11.3 Å². The fraction of sp³-hybridized carbons (Fsp3) is 0.467. The van der Waals surface area contributed by atoms with E-state index in [0.717, 1.165) is 38.5 Å². The van der Waals surface area contributed by atoms with Gasteiger partial charge in [-0.2, -0.15) is 0 Å². The normalized spacial score (nSPS) is 16.6. The quantitative estimate of drug-likeness (QED) is 0.868. The summed E-state index contributed by atoms with van der Waals surface area (Å²) in [5.74, 6) is 1.14. The first-order chi connectivity index (χ1) is 9.74. The topological polar surface area (TPSA) is 32.3 Å². The summed E-state index contributed by atoms with van der Waals surface area (Å²) in [7, 11) is 0. The van der Waals surface area contributed by atoms with Crippen LogP contribution in [0.5, 0.6) is 0 Å². The third-order valence-electron chi connectivity index (χ3n) is 3.87. The maximum atomic E-state index is 4.52. The maximum absolute atomic E-state index is 4.52. The molecule has 1 aliphatic heterocycles. The number of piperazine rings is 1. The first kappa shape index (κ1) is 13.5. The van der Waals surface area contributed by atoms with Crippen molar-refractivity contribution in [2.45, 2.75) is 20.4 Å². The van der Waals surface area contributed by atoms with Crippen molar-refractivity contribution in [3.05, 3.63) is 40.0 Å². The lowest BCUT2D eigenvalue weighted by Crippen LogP contribution is -2.46. The predicted octanol–water partition coefficient (Wildman–Crippen LogP) is 2.48. The summed E-state index contributed by atoms with van der Waals surface area (Å²) in [6, 6.07) is 4.14. The first-order valence-corrected chi connectivity index (χ1v) is 7.90. The second-order valence-corrected chi connectivity index (χ2v) is 6.21. The highest BCUT2D eigenvalue weighted by Gasteiger charge is 2.19. The monoisotopic (exact) mass is 288 g/mol. The minimum absolute atomic E-state index is 1.03. The number of aromatic nitrogens is 2. The van der Waals surface area contributed by atoms with Crippen LogP contribution in [0.3, 0.4) is 0 Å². The summed E-state index contributed by atoms with van der Waals surface area (Å²) in [4.78, 5) is 15.1. The van der Waals surface area contributed by atoms with Gasteiger partial charge in [-0.15, -0.1) is 11.3 Å². The third kappa shape index (κ3) is 2.83. The summed E-state index contributed by atoms with van der Waals surface area (Å²) in [5, 5.41) is 0. The zero-order chi connectivity index (χ0) is 13.9. The van der Waals surface area contributed by atoms with E-state index in [9.17, 15) is 0 Å². The van der Waals surface area contributed by atoms with Crippen molar-refractivity contribution >= 4 is 17.2 Å². The summed E-state index contributed by atoms with van der Waals surface area (Å²) < 4.78 is 0. The van der Waals surface area contributed by atoms with Crippen LogP contribution in [0, 0.1) is 13.8 Å². The van der Waals surface area contributed by atoms with Gasteiger partial charge >= 0.3 is 0 Å². The number of aryl methyl sites for hydroxylation is 2. The minimum Gasteiger partial charge on any atom is -0.354 e. The Kier molecular flexibility index (Phi) is 3.98. The first-order valence-electron chi connectivity index (χ1n) is 7.02. The van der Waals surface area contributed by atoms with Crippen LogP contribution in [-0.4, -0.2) is 41.0 Å². The lowest BCUT2D eigenvalue weighted by molar-refractivity contribution is 0.250. The molecule has 0 amide bonds. The van der Waals surface area contributed by atoms with Gasteiger partial charge in [0, 0.05) is 43.8 Å². The Morgan fingerprint density at radius 1 is 1.15 bits per heavy atom. The van der Waals surface area contributed by atoms with Crippen LogP contribution in [0.1, 0.15) is 16.1 Å². The molecule has 1 saturated heterocycles. The van der Waals surface area contributed by atoms with Gasteiger partial charge in [-0.05, 0) is 25.5 Å². The molecule has 106 valence electrons. The van der Waals surface area contributed by atoms with Gasteiger partial charge in [0.25, 0.3) is 0 Å². The van der Waals surface area contributed by atoms with Crippen LogP contribution in [0.15, 0.2) is 23.8 Å². The van der Waals surface area contributed by atoms with Gasteiger partial charge in [-0.25, -0.2) is 9.97 Å². The molecule has 2 aromatic rings. The zero-order valence-corrected chi connectivity index (χ0v) is 12.9. The second-order valence-electron chi connectivity index (χ2n) is 5.27. The van der Waals surface area contributed by atoms with E-state index in [1.165, 1.54) is 16.1 Å². The molecule has 0 aromatic carbocycles. The average molecular weight is 288 g/mol. The molecule has 4 nitrogen and oxygen atoms in total. The van der Waals surface area contributed by atoms with Crippen molar-refractivity contribution in [2.24, 2.45) is 0 Å². The Balaban J connectivity index is 1.60. The molecule has 20 heavy (non-hydrogen) atoms. The molecule has 5 heteroatoms. The predicted molar refractivity (Wildman–Crippen MR) is 83.3 cm³/mol. The van der Waals surface area contributed by atoms with Crippen LogP contribution in [0.4, 0.5) is 5.82 Å². The SMILES string of the molecule is Cc1cccnc1N1CCN(Cc2scnc2C)CC1. The minimum atomic E-state index is 1.03. The number of hydrogen-bond donors (Lipinski definition) is 0. The highest BCUT2D eigenvalue weighted by molar-refractivity contribution is 7.09. The number of hydrogen-bond acceptors (Lipinski definition) is 5. The highest BCUT2D eigenvalue weighted by Crippen LogP contribution is 2.20. The molecule has 0 N–H and O–H groups in total. The van der Waals surface area contributed by atoms with Crippen molar-refractivity contribution < 1.29 is 0 Å². The largest absolute Gasteiger partial charge is 0.354 e. The Hall–Kier alpha value is -1.46. The van der Waals surface area contributed by atoms with E-state index in [1.807, 2.05) is 17.8 Å². The molecule has 3 rings (SSSR count). The molecule has 0 unspecified atom stereocenters. The van der Waals surface area contributed by atoms with Crippen LogP contribution in [0.25, 0.3) is 0 Å². The smallest absolute Gasteiger partial charge is 0.131 e. The number of anilines is 1. The van der Waals surface area contributed by atoms with E-state index < -0.39 is 0 Å². The summed E-state index contributed by atoms with van der Waals surface area (Å²) in [5.41, 5.74) is 4.38. The standard InChI is InChI=1S/C15H20N4S/c1-12-4-3-5-16-15(12)19-8-6-18(7-9-19)10-14-13(2)17-11-20-14/h3-5,11H,6-10H2,1-2H3. The highest BCUT2D eigenvalue weighted by atomic mass is 32.1. The summed E-state index contributed by atoms with van der Waals surface area (Å²) in [6.07, 6.45) is 1.88. The molecule has 0 saturated carbocycles. The molecule has 0 atom stereocenters. The van der Waals surface area contributed by atoms with Crippen LogP contribution < -0.4 is 4.90 Å². The lowest BCUT2D eigenvalue weighted by atomic mass is 10.2. The average Bonchev–Trinajstić information content (AvgIpc) is 2.86. The zero-order valence-electron chi connectivity index (χ0n) is 12.0. The van der Waals surface area contributed by atoms with Crippen molar-refractivity contribution in [3.63, 3.8) is 0 Å². The molecular formula is C15H20N4S. The van der Waals surface area contributed by atoms with E-state index >= 15 is 0 Å². The number of nitrogens with zero attached hydrogens (tertiary/aromatic N) is 4. The lowest BCUT2D eigenvalue weighted by Gasteiger charge is -2.35. The fourth-order valence-electron chi connectivity index (χ4n) is 2.61. The van der Waals surface area contributed by atoms with Crippen LogP contribution in [0.2, 0.25) is 0 Å². The molecular weight excluding hydrogens is 268 g/mol. The van der Waals surface area contributed by atoms with Gasteiger partial charge in [0.2, 0.25) is 0 Å². The third-order valence-corrected chi connectivity index (χ3v) is 4.79. The van der Waals surface area contributed by atoms with Gasteiger partial charge in [-0.1, -0.05) is 6.07 Å². The van der Waals surface area contributed by atoms with Gasteiger partial charge in [0.15, 0.2) is 0 Å². The van der Waals surface area contributed by atoms with Gasteiger partial charge in [0.1, 0.15) is 5.82 Å². The number of rotatable bonds is 3. The van der Waals surface area contributed by atoms with E-state index in [0.29, 0.717) is 0 Å². The Morgan fingerprint density at radius 3 is 2.60 bits per heavy atom. The van der Waals surface area contributed by atoms with Crippen molar-refractivity contribution in [3.8, 4) is 0 Å². The molecule has 0 bridgehead atoms. The van der Waals surface area contributed by atoms with E-state index in [2.05, 4.69) is 39.7 Å². The number of pyridine rings is 1. The Bertz CT molecular complexity index is 573.